The van der Waals surface area contributed by atoms with Crippen LogP contribution in [0.2, 0.25) is 0 Å². The smallest absolute Gasteiger partial charge is 0.236 e. The third kappa shape index (κ3) is 4.87. The number of nitrogens with one attached hydrogen (secondary N) is 2. The highest BCUT2D eigenvalue weighted by molar-refractivity contribution is 5.81. The molecule has 0 saturated heterocycles. The first-order valence-electron chi connectivity index (χ1n) is 5.78. The number of benzene rings is 1. The van der Waals surface area contributed by atoms with Gasteiger partial charge in [-0.25, -0.2) is 0 Å². The van der Waals surface area contributed by atoms with E-state index in [4.69, 9.17) is 4.74 Å². The topological polar surface area (TPSA) is 50.4 Å². The minimum absolute atomic E-state index is 0.0136. The van der Waals surface area contributed by atoms with Crippen molar-refractivity contribution in [2.45, 2.75) is 19.9 Å². The van der Waals surface area contributed by atoms with E-state index in [1.54, 1.807) is 7.05 Å². The quantitative estimate of drug-likeness (QED) is 0.727. The number of likely N-dealkylation sites (N-methyl/N-ethyl adjacent to an activating group) is 1. The number of carbonyl (C=O) groups is 1. The van der Waals surface area contributed by atoms with Gasteiger partial charge in [-0.3, -0.25) is 4.79 Å². The number of amides is 1. The minimum atomic E-state index is -0.172. The van der Waals surface area contributed by atoms with E-state index >= 15 is 0 Å². The van der Waals surface area contributed by atoms with E-state index in [-0.39, 0.29) is 11.9 Å². The zero-order chi connectivity index (χ0) is 12.7. The van der Waals surface area contributed by atoms with Crippen LogP contribution in [-0.2, 0) is 4.79 Å². The van der Waals surface area contributed by atoms with Gasteiger partial charge in [-0.05, 0) is 38.6 Å². The number of rotatable bonds is 6. The Morgan fingerprint density at radius 3 is 2.88 bits per heavy atom. The molecule has 0 spiro atoms. The first kappa shape index (κ1) is 13.5. The van der Waals surface area contributed by atoms with Gasteiger partial charge in [0.15, 0.2) is 0 Å². The van der Waals surface area contributed by atoms with Crippen LogP contribution in [0.5, 0.6) is 5.75 Å². The molecule has 1 aromatic carbocycles. The normalized spacial score (nSPS) is 11.9. The lowest BCUT2D eigenvalue weighted by Gasteiger charge is -2.11. The second-order valence-corrected chi connectivity index (χ2v) is 3.97. The average Bonchev–Trinajstić information content (AvgIpc) is 2.33. The summed E-state index contributed by atoms with van der Waals surface area (Å²) in [4.78, 5) is 11.4. The van der Waals surface area contributed by atoms with Gasteiger partial charge in [0.2, 0.25) is 5.91 Å². The molecule has 4 heteroatoms. The molecule has 0 aliphatic carbocycles. The van der Waals surface area contributed by atoms with Crippen molar-refractivity contribution in [3.8, 4) is 5.75 Å². The maximum atomic E-state index is 11.4. The van der Waals surface area contributed by atoms with Crippen LogP contribution < -0.4 is 15.4 Å². The highest BCUT2D eigenvalue weighted by Crippen LogP contribution is 2.11. The molecule has 1 atom stereocenters. The first-order valence-corrected chi connectivity index (χ1v) is 5.78. The molecule has 0 heterocycles. The van der Waals surface area contributed by atoms with E-state index in [0.717, 1.165) is 11.3 Å². The van der Waals surface area contributed by atoms with Crippen molar-refractivity contribution in [1.82, 2.24) is 10.6 Å². The zero-order valence-corrected chi connectivity index (χ0v) is 10.6. The first-order chi connectivity index (χ1) is 8.13. The summed E-state index contributed by atoms with van der Waals surface area (Å²) in [5, 5.41) is 5.67. The van der Waals surface area contributed by atoms with Crippen molar-refractivity contribution >= 4 is 5.91 Å². The van der Waals surface area contributed by atoms with Crippen LogP contribution in [0, 0.1) is 6.92 Å². The highest BCUT2D eigenvalue weighted by Gasteiger charge is 2.08. The monoisotopic (exact) mass is 236 g/mol. The van der Waals surface area contributed by atoms with Crippen molar-refractivity contribution in [1.29, 1.82) is 0 Å². The molecule has 17 heavy (non-hydrogen) atoms. The van der Waals surface area contributed by atoms with Crippen molar-refractivity contribution in [2.75, 3.05) is 20.2 Å². The molecule has 1 rings (SSSR count). The largest absolute Gasteiger partial charge is 0.492 e. The fourth-order valence-electron chi connectivity index (χ4n) is 1.33. The maximum Gasteiger partial charge on any atom is 0.236 e. The molecule has 1 unspecified atom stereocenters. The molecule has 94 valence electrons. The lowest BCUT2D eigenvalue weighted by molar-refractivity contribution is -0.122. The summed E-state index contributed by atoms with van der Waals surface area (Å²) in [5.74, 6) is 0.821. The van der Waals surface area contributed by atoms with Crippen LogP contribution in [0.15, 0.2) is 24.3 Å². The van der Waals surface area contributed by atoms with Crippen LogP contribution in [-0.4, -0.2) is 32.1 Å². The average molecular weight is 236 g/mol. The van der Waals surface area contributed by atoms with E-state index in [0.29, 0.717) is 13.2 Å². The van der Waals surface area contributed by atoms with Gasteiger partial charge >= 0.3 is 0 Å². The standard InChI is InChI=1S/C13H20N2O2/c1-10-5-4-6-12(9-10)17-8-7-15-13(16)11(2)14-3/h4-6,9,11,14H,7-8H2,1-3H3,(H,15,16). The minimum Gasteiger partial charge on any atom is -0.492 e. The summed E-state index contributed by atoms with van der Waals surface area (Å²) in [6, 6.07) is 7.67. The zero-order valence-electron chi connectivity index (χ0n) is 10.6. The molecule has 1 aromatic rings. The van der Waals surface area contributed by atoms with Crippen LogP contribution in [0.4, 0.5) is 0 Å². The summed E-state index contributed by atoms with van der Waals surface area (Å²) >= 11 is 0. The number of ether oxygens (including phenoxy) is 1. The summed E-state index contributed by atoms with van der Waals surface area (Å²) in [6.07, 6.45) is 0. The molecule has 0 fully saturated rings. The Morgan fingerprint density at radius 2 is 2.24 bits per heavy atom. The Kier molecular flexibility index (Phi) is 5.49. The van der Waals surface area contributed by atoms with Gasteiger partial charge in [0.05, 0.1) is 12.6 Å². The van der Waals surface area contributed by atoms with Gasteiger partial charge in [-0.1, -0.05) is 12.1 Å². The molecule has 2 N–H and O–H groups in total. The lowest BCUT2D eigenvalue weighted by Crippen LogP contribution is -2.41. The molecule has 0 radical (unpaired) electrons. The fourth-order valence-corrected chi connectivity index (χ4v) is 1.33. The molecule has 0 aliphatic rings. The summed E-state index contributed by atoms with van der Waals surface area (Å²) < 4.78 is 5.52. The number of aryl methyl sites for hydroxylation is 1. The summed E-state index contributed by atoms with van der Waals surface area (Å²) in [5.41, 5.74) is 1.16. The summed E-state index contributed by atoms with van der Waals surface area (Å²) in [7, 11) is 1.76. The van der Waals surface area contributed by atoms with Crippen molar-refractivity contribution in [3.63, 3.8) is 0 Å². The van der Waals surface area contributed by atoms with Crippen molar-refractivity contribution in [3.05, 3.63) is 29.8 Å². The molecular weight excluding hydrogens is 216 g/mol. The molecule has 4 nitrogen and oxygen atoms in total. The third-order valence-corrected chi connectivity index (χ3v) is 2.49. The van der Waals surface area contributed by atoms with Crippen LogP contribution in [0.25, 0.3) is 0 Å². The fraction of sp³-hybridized carbons (Fsp3) is 0.462. The van der Waals surface area contributed by atoms with E-state index in [9.17, 15) is 4.79 Å². The Morgan fingerprint density at radius 1 is 1.47 bits per heavy atom. The van der Waals surface area contributed by atoms with Gasteiger partial charge in [0.25, 0.3) is 0 Å². The van der Waals surface area contributed by atoms with Gasteiger partial charge in [-0.2, -0.15) is 0 Å². The number of carbonyl (C=O) groups excluding carboxylic acids is 1. The Labute approximate surface area is 102 Å². The van der Waals surface area contributed by atoms with Gasteiger partial charge in [0.1, 0.15) is 12.4 Å². The predicted molar refractivity (Wildman–Crippen MR) is 68.2 cm³/mol. The molecule has 0 aromatic heterocycles. The van der Waals surface area contributed by atoms with Crippen LogP contribution in [0.1, 0.15) is 12.5 Å². The molecular formula is C13H20N2O2. The summed E-state index contributed by atoms with van der Waals surface area (Å²) in [6.45, 7) is 4.82. The molecule has 0 saturated carbocycles. The third-order valence-electron chi connectivity index (χ3n) is 2.49. The Bertz CT molecular complexity index is 366. The Hall–Kier alpha value is -1.55. The van der Waals surface area contributed by atoms with E-state index in [1.807, 2.05) is 38.1 Å². The SMILES string of the molecule is CNC(C)C(=O)NCCOc1cccc(C)c1. The van der Waals surface area contributed by atoms with Gasteiger partial charge < -0.3 is 15.4 Å². The van der Waals surface area contributed by atoms with E-state index < -0.39 is 0 Å². The maximum absolute atomic E-state index is 11.4. The van der Waals surface area contributed by atoms with Crippen LogP contribution >= 0.6 is 0 Å². The predicted octanol–water partition coefficient (Wildman–Crippen LogP) is 1.10. The second kappa shape index (κ2) is 6.91. The number of hydrogen-bond donors (Lipinski definition) is 2. The van der Waals surface area contributed by atoms with Crippen LogP contribution in [0.3, 0.4) is 0 Å². The second-order valence-electron chi connectivity index (χ2n) is 3.97. The number of hydrogen-bond acceptors (Lipinski definition) is 3. The lowest BCUT2D eigenvalue weighted by atomic mass is 10.2. The van der Waals surface area contributed by atoms with E-state index in [2.05, 4.69) is 10.6 Å². The van der Waals surface area contributed by atoms with Gasteiger partial charge in [0, 0.05) is 0 Å². The van der Waals surface area contributed by atoms with Gasteiger partial charge in [-0.15, -0.1) is 0 Å². The van der Waals surface area contributed by atoms with E-state index in [1.165, 1.54) is 0 Å². The van der Waals surface area contributed by atoms with Crippen molar-refractivity contribution in [2.24, 2.45) is 0 Å². The highest BCUT2D eigenvalue weighted by atomic mass is 16.5. The molecule has 1 amide bonds. The van der Waals surface area contributed by atoms with Crippen molar-refractivity contribution < 1.29 is 9.53 Å². The Balaban J connectivity index is 2.22. The molecule has 0 bridgehead atoms. The molecule has 0 aliphatic heterocycles.